The van der Waals surface area contributed by atoms with Gasteiger partial charge in [0, 0.05) is 23.8 Å². The van der Waals surface area contributed by atoms with Gasteiger partial charge in [0.25, 0.3) is 10.0 Å². The van der Waals surface area contributed by atoms with Gasteiger partial charge in [-0.25, -0.2) is 13.4 Å². The smallest absolute Gasteiger partial charge is 0.267 e. The number of benzene rings is 1. The first-order chi connectivity index (χ1) is 9.86. The third kappa shape index (κ3) is 3.30. The molecule has 1 aromatic heterocycles. The number of hydrogen-bond acceptors (Lipinski definition) is 4. The maximum absolute atomic E-state index is 12.6. The van der Waals surface area contributed by atoms with E-state index in [9.17, 15) is 8.42 Å². The van der Waals surface area contributed by atoms with Crippen LogP contribution in [0, 0.1) is 0 Å². The van der Waals surface area contributed by atoms with Gasteiger partial charge in [-0.3, -0.25) is 4.31 Å². The number of hydrogen-bond donors (Lipinski definition) is 0. The summed E-state index contributed by atoms with van der Waals surface area (Å²) in [6.07, 6.45) is 1.44. The SMILES string of the molecule is COc1cccc(N(C)S(=O)(=O)c2cc(Br)cnc2Cl)c1. The second-order valence-corrected chi connectivity index (χ2v) is 7.33. The minimum atomic E-state index is -3.82. The zero-order chi connectivity index (χ0) is 15.6. The minimum absolute atomic E-state index is 0.0659. The lowest BCUT2D eigenvalue weighted by molar-refractivity contribution is 0.415. The van der Waals surface area contributed by atoms with Crippen LogP contribution < -0.4 is 9.04 Å². The molecule has 5 nitrogen and oxygen atoms in total. The summed E-state index contributed by atoms with van der Waals surface area (Å²) in [5, 5.41) is -0.0760. The van der Waals surface area contributed by atoms with Crippen LogP contribution in [0.4, 0.5) is 5.69 Å². The number of pyridine rings is 1. The topological polar surface area (TPSA) is 59.5 Å². The van der Waals surface area contributed by atoms with Crippen molar-refractivity contribution in [3.8, 4) is 5.75 Å². The second-order valence-electron chi connectivity index (χ2n) is 4.12. The molecule has 0 fully saturated rings. The molecule has 0 amide bonds. The van der Waals surface area contributed by atoms with Crippen molar-refractivity contribution in [3.63, 3.8) is 0 Å². The Morgan fingerprint density at radius 1 is 1.33 bits per heavy atom. The summed E-state index contributed by atoms with van der Waals surface area (Å²) < 4.78 is 32.1. The third-order valence-electron chi connectivity index (χ3n) is 2.83. The van der Waals surface area contributed by atoms with Crippen molar-refractivity contribution in [1.29, 1.82) is 0 Å². The van der Waals surface area contributed by atoms with E-state index < -0.39 is 10.0 Å². The van der Waals surface area contributed by atoms with Crippen LogP contribution in [0.1, 0.15) is 0 Å². The Balaban J connectivity index is 2.49. The average Bonchev–Trinajstić information content (AvgIpc) is 2.48. The lowest BCUT2D eigenvalue weighted by Gasteiger charge is -2.20. The number of methoxy groups -OCH3 is 1. The standard InChI is InChI=1S/C13H12BrClN2O3S/c1-17(10-4-3-5-11(7-10)20-2)21(18,19)12-6-9(14)8-16-13(12)15/h3-8H,1-2H3. The summed E-state index contributed by atoms with van der Waals surface area (Å²) >= 11 is 9.10. The molecule has 21 heavy (non-hydrogen) atoms. The van der Waals surface area contributed by atoms with E-state index in [0.29, 0.717) is 15.9 Å². The Labute approximate surface area is 136 Å². The first kappa shape index (κ1) is 16.1. The third-order valence-corrected chi connectivity index (χ3v) is 5.47. The van der Waals surface area contributed by atoms with E-state index >= 15 is 0 Å². The van der Waals surface area contributed by atoms with Gasteiger partial charge in [0.2, 0.25) is 0 Å². The lowest BCUT2D eigenvalue weighted by atomic mass is 10.3. The molecule has 0 aliphatic carbocycles. The Morgan fingerprint density at radius 2 is 2.05 bits per heavy atom. The zero-order valence-corrected chi connectivity index (χ0v) is 14.4. The van der Waals surface area contributed by atoms with Gasteiger partial charge in [0.05, 0.1) is 12.8 Å². The van der Waals surface area contributed by atoms with Gasteiger partial charge in [0.1, 0.15) is 15.8 Å². The molecule has 112 valence electrons. The van der Waals surface area contributed by atoms with Crippen molar-refractivity contribution in [2.45, 2.75) is 4.90 Å². The molecule has 0 aliphatic heterocycles. The summed E-state index contributed by atoms with van der Waals surface area (Å²) in [5.74, 6) is 0.563. The molecule has 2 aromatic rings. The van der Waals surface area contributed by atoms with E-state index in [1.807, 2.05) is 0 Å². The minimum Gasteiger partial charge on any atom is -0.497 e. The molecule has 1 heterocycles. The van der Waals surface area contributed by atoms with Crippen molar-refractivity contribution >= 4 is 43.2 Å². The Morgan fingerprint density at radius 3 is 2.71 bits per heavy atom. The normalized spacial score (nSPS) is 11.2. The van der Waals surface area contributed by atoms with Crippen LogP contribution in [0.5, 0.6) is 5.75 Å². The van der Waals surface area contributed by atoms with Gasteiger partial charge < -0.3 is 4.74 Å². The van der Waals surface area contributed by atoms with Gasteiger partial charge in [-0.05, 0) is 34.1 Å². The molecule has 0 radical (unpaired) electrons. The fraction of sp³-hybridized carbons (Fsp3) is 0.154. The monoisotopic (exact) mass is 390 g/mol. The van der Waals surface area contributed by atoms with E-state index in [1.165, 1.54) is 26.4 Å². The molecule has 0 spiro atoms. The predicted molar refractivity (Wildman–Crippen MR) is 85.5 cm³/mol. The number of halogens is 2. The molecule has 0 bridgehead atoms. The summed E-state index contributed by atoms with van der Waals surface area (Å²) in [6, 6.07) is 8.15. The largest absolute Gasteiger partial charge is 0.497 e. The summed E-state index contributed by atoms with van der Waals surface area (Å²) in [7, 11) is -0.855. The number of rotatable bonds is 4. The molecule has 0 saturated heterocycles. The van der Waals surface area contributed by atoms with Crippen molar-refractivity contribution < 1.29 is 13.2 Å². The molecule has 1 aromatic carbocycles. The van der Waals surface area contributed by atoms with E-state index in [4.69, 9.17) is 16.3 Å². The molecule has 0 aliphatic rings. The highest BCUT2D eigenvalue weighted by atomic mass is 79.9. The molecule has 8 heteroatoms. The van der Waals surface area contributed by atoms with Crippen LogP contribution in [0.15, 0.2) is 45.9 Å². The highest BCUT2D eigenvalue weighted by molar-refractivity contribution is 9.10. The van der Waals surface area contributed by atoms with Crippen molar-refractivity contribution in [1.82, 2.24) is 4.98 Å². The molecular weight excluding hydrogens is 380 g/mol. The van der Waals surface area contributed by atoms with E-state index in [2.05, 4.69) is 20.9 Å². The highest BCUT2D eigenvalue weighted by Gasteiger charge is 2.25. The van der Waals surface area contributed by atoms with Crippen molar-refractivity contribution in [2.75, 3.05) is 18.5 Å². The molecule has 0 saturated carbocycles. The van der Waals surface area contributed by atoms with Crippen molar-refractivity contribution in [2.24, 2.45) is 0 Å². The quantitative estimate of drug-likeness (QED) is 0.750. The maximum Gasteiger partial charge on any atom is 0.267 e. The van der Waals surface area contributed by atoms with Gasteiger partial charge in [-0.15, -0.1) is 0 Å². The summed E-state index contributed by atoms with van der Waals surface area (Å²) in [5.41, 5.74) is 0.463. The van der Waals surface area contributed by atoms with Crippen molar-refractivity contribution in [3.05, 3.63) is 46.2 Å². The number of anilines is 1. The summed E-state index contributed by atoms with van der Waals surface area (Å²) in [4.78, 5) is 3.78. The van der Waals surface area contributed by atoms with Gasteiger partial charge in [0.15, 0.2) is 0 Å². The van der Waals surface area contributed by atoms with Crippen LogP contribution >= 0.6 is 27.5 Å². The predicted octanol–water partition coefficient (Wildman–Crippen LogP) is 3.33. The number of aromatic nitrogens is 1. The molecule has 0 atom stereocenters. The van der Waals surface area contributed by atoms with Crippen LogP contribution in [0.2, 0.25) is 5.15 Å². The molecular formula is C13H12BrClN2O3S. The highest BCUT2D eigenvalue weighted by Crippen LogP contribution is 2.29. The Bertz CT molecular complexity index is 768. The van der Waals surface area contributed by atoms with E-state index in [0.717, 1.165) is 4.31 Å². The van der Waals surface area contributed by atoms with Crippen LogP contribution in [-0.2, 0) is 10.0 Å². The molecule has 2 rings (SSSR count). The van der Waals surface area contributed by atoms with Gasteiger partial charge in [-0.1, -0.05) is 17.7 Å². The first-order valence-electron chi connectivity index (χ1n) is 5.80. The fourth-order valence-corrected chi connectivity index (χ4v) is 3.78. The maximum atomic E-state index is 12.6. The lowest BCUT2D eigenvalue weighted by Crippen LogP contribution is -2.27. The zero-order valence-electron chi connectivity index (χ0n) is 11.2. The average molecular weight is 392 g/mol. The van der Waals surface area contributed by atoms with E-state index in [1.54, 1.807) is 24.3 Å². The first-order valence-corrected chi connectivity index (χ1v) is 8.41. The van der Waals surface area contributed by atoms with Crippen LogP contribution in [-0.4, -0.2) is 27.6 Å². The van der Waals surface area contributed by atoms with E-state index in [-0.39, 0.29) is 10.0 Å². The Kier molecular flexibility index (Phi) is 4.75. The molecule has 0 N–H and O–H groups in total. The van der Waals surface area contributed by atoms with Crippen LogP contribution in [0.3, 0.4) is 0 Å². The molecule has 0 unspecified atom stereocenters. The van der Waals surface area contributed by atoms with Crippen LogP contribution in [0.25, 0.3) is 0 Å². The Hall–Kier alpha value is -1.31. The number of nitrogens with zero attached hydrogens (tertiary/aromatic N) is 2. The number of ether oxygens (including phenoxy) is 1. The number of sulfonamides is 1. The van der Waals surface area contributed by atoms with Gasteiger partial charge in [-0.2, -0.15) is 0 Å². The second kappa shape index (κ2) is 6.21. The fourth-order valence-electron chi connectivity index (χ4n) is 1.68. The summed E-state index contributed by atoms with van der Waals surface area (Å²) in [6.45, 7) is 0. The van der Waals surface area contributed by atoms with Gasteiger partial charge >= 0.3 is 0 Å².